The van der Waals surface area contributed by atoms with Gasteiger partial charge >= 0.3 is 0 Å². The Kier molecular flexibility index (Phi) is 3.45. The van der Waals surface area contributed by atoms with Gasteiger partial charge in [-0.3, -0.25) is 9.58 Å². The minimum atomic E-state index is 0.913. The molecule has 2 aromatic heterocycles. The maximum Gasteiger partial charge on any atom is 0.0768 e. The third-order valence-electron chi connectivity index (χ3n) is 3.18. The van der Waals surface area contributed by atoms with Crippen LogP contribution in [0.5, 0.6) is 0 Å². The minimum Gasteiger partial charge on any atom is -0.309 e. The van der Waals surface area contributed by atoms with Crippen LogP contribution >= 0.6 is 11.3 Å². The molecule has 1 N–H and O–H groups in total. The molecule has 0 amide bonds. The average Bonchev–Trinajstić information content (AvgIpc) is 2.96. The van der Waals surface area contributed by atoms with E-state index in [1.54, 1.807) is 11.3 Å². The highest BCUT2D eigenvalue weighted by Gasteiger charge is 2.12. The second kappa shape index (κ2) is 5.22. The predicted octanol–water partition coefficient (Wildman–Crippen LogP) is 1.68. The Balaban J connectivity index is 1.63. The second-order valence-corrected chi connectivity index (χ2v) is 5.61. The number of rotatable bonds is 4. The van der Waals surface area contributed by atoms with Crippen LogP contribution in [0.3, 0.4) is 0 Å². The summed E-state index contributed by atoms with van der Waals surface area (Å²) in [6.07, 6.45) is 0. The molecule has 2 aromatic rings. The molecule has 5 heteroatoms. The minimum absolute atomic E-state index is 0.913. The summed E-state index contributed by atoms with van der Waals surface area (Å²) in [6, 6.07) is 4.40. The summed E-state index contributed by atoms with van der Waals surface area (Å²) in [5.74, 6) is 0. The summed E-state index contributed by atoms with van der Waals surface area (Å²) in [5.41, 5.74) is 3.86. The van der Waals surface area contributed by atoms with E-state index in [1.807, 2.05) is 0 Å². The van der Waals surface area contributed by atoms with Gasteiger partial charge in [-0.1, -0.05) is 0 Å². The van der Waals surface area contributed by atoms with E-state index in [0.29, 0.717) is 0 Å². The lowest BCUT2D eigenvalue weighted by Crippen LogP contribution is -2.28. The molecule has 4 nitrogen and oxygen atoms in total. The summed E-state index contributed by atoms with van der Waals surface area (Å²) >= 11 is 1.76. The van der Waals surface area contributed by atoms with Crippen LogP contribution in [0, 0.1) is 0 Å². The highest BCUT2D eigenvalue weighted by molar-refractivity contribution is 7.07. The molecule has 0 spiro atoms. The molecule has 18 heavy (non-hydrogen) atoms. The Morgan fingerprint density at radius 2 is 2.44 bits per heavy atom. The van der Waals surface area contributed by atoms with Crippen LogP contribution in [0.15, 0.2) is 22.9 Å². The van der Waals surface area contributed by atoms with Gasteiger partial charge in [0.05, 0.1) is 17.9 Å². The van der Waals surface area contributed by atoms with Crippen LogP contribution in [0.25, 0.3) is 0 Å². The Bertz CT molecular complexity index is 480. The molecule has 0 bridgehead atoms. The van der Waals surface area contributed by atoms with Crippen molar-refractivity contribution in [3.05, 3.63) is 39.8 Å². The molecular weight excluding hydrogens is 244 g/mol. The number of aromatic nitrogens is 2. The number of nitrogens with zero attached hydrogens (tertiary/aromatic N) is 3. The van der Waals surface area contributed by atoms with Crippen molar-refractivity contribution in [2.45, 2.75) is 26.2 Å². The fourth-order valence-corrected chi connectivity index (χ4v) is 3.02. The zero-order valence-corrected chi connectivity index (χ0v) is 11.4. The van der Waals surface area contributed by atoms with Crippen molar-refractivity contribution in [2.75, 3.05) is 13.6 Å². The summed E-state index contributed by atoms with van der Waals surface area (Å²) in [6.45, 7) is 4.86. The number of thiophene rings is 1. The van der Waals surface area contributed by atoms with Gasteiger partial charge in [0.1, 0.15) is 0 Å². The fraction of sp³-hybridized carbons (Fsp3) is 0.462. The molecule has 0 aliphatic carbocycles. The molecule has 0 aromatic carbocycles. The van der Waals surface area contributed by atoms with Gasteiger partial charge in [-0.05, 0) is 35.5 Å². The molecule has 1 aliphatic heterocycles. The van der Waals surface area contributed by atoms with Gasteiger partial charge in [0.25, 0.3) is 0 Å². The lowest BCUT2D eigenvalue weighted by molar-refractivity contribution is 0.313. The third kappa shape index (κ3) is 2.63. The van der Waals surface area contributed by atoms with Crippen LogP contribution in [0.1, 0.15) is 17.0 Å². The van der Waals surface area contributed by atoms with Gasteiger partial charge in [-0.25, -0.2) is 0 Å². The zero-order valence-electron chi connectivity index (χ0n) is 10.6. The van der Waals surface area contributed by atoms with Crippen LogP contribution in [-0.4, -0.2) is 28.3 Å². The van der Waals surface area contributed by atoms with E-state index >= 15 is 0 Å². The highest BCUT2D eigenvalue weighted by Crippen LogP contribution is 2.12. The van der Waals surface area contributed by atoms with Crippen molar-refractivity contribution >= 4 is 11.3 Å². The molecule has 1 aliphatic rings. The predicted molar refractivity (Wildman–Crippen MR) is 73.4 cm³/mol. The Labute approximate surface area is 111 Å². The van der Waals surface area contributed by atoms with Crippen LogP contribution in [0.2, 0.25) is 0 Å². The summed E-state index contributed by atoms with van der Waals surface area (Å²) in [7, 11) is 2.15. The first-order valence-corrected chi connectivity index (χ1v) is 7.21. The van der Waals surface area contributed by atoms with Crippen molar-refractivity contribution in [3.63, 3.8) is 0 Å². The van der Waals surface area contributed by atoms with E-state index in [0.717, 1.165) is 32.7 Å². The molecular formula is C13H18N4S. The first-order valence-electron chi connectivity index (χ1n) is 6.27. The van der Waals surface area contributed by atoms with E-state index in [-0.39, 0.29) is 0 Å². The molecule has 0 saturated heterocycles. The topological polar surface area (TPSA) is 33.1 Å². The van der Waals surface area contributed by atoms with Crippen LogP contribution < -0.4 is 5.32 Å². The van der Waals surface area contributed by atoms with Gasteiger partial charge in [0.15, 0.2) is 0 Å². The van der Waals surface area contributed by atoms with Crippen LogP contribution in [0.4, 0.5) is 0 Å². The molecule has 3 rings (SSSR count). The van der Waals surface area contributed by atoms with Crippen molar-refractivity contribution in [2.24, 2.45) is 0 Å². The van der Waals surface area contributed by atoms with Crippen molar-refractivity contribution in [1.29, 1.82) is 0 Å². The smallest absolute Gasteiger partial charge is 0.0768 e. The number of nitrogens with one attached hydrogen (secondary N) is 1. The fourth-order valence-electron chi connectivity index (χ4n) is 2.36. The molecule has 0 fully saturated rings. The van der Waals surface area contributed by atoms with Gasteiger partial charge in [-0.15, -0.1) is 0 Å². The molecule has 3 heterocycles. The van der Waals surface area contributed by atoms with E-state index in [1.165, 1.54) is 17.0 Å². The van der Waals surface area contributed by atoms with Gasteiger partial charge in [-0.2, -0.15) is 16.4 Å². The Morgan fingerprint density at radius 1 is 1.50 bits per heavy atom. The van der Waals surface area contributed by atoms with Crippen molar-refractivity contribution in [1.82, 2.24) is 20.0 Å². The SMILES string of the molecule is CN(Cc1ccsc1)Cc1cc2n(n1)CCNC2. The average molecular weight is 262 g/mol. The lowest BCUT2D eigenvalue weighted by atomic mass is 10.3. The Morgan fingerprint density at radius 3 is 3.22 bits per heavy atom. The van der Waals surface area contributed by atoms with E-state index < -0.39 is 0 Å². The molecule has 0 unspecified atom stereocenters. The maximum atomic E-state index is 4.66. The van der Waals surface area contributed by atoms with E-state index in [9.17, 15) is 0 Å². The molecule has 0 saturated carbocycles. The third-order valence-corrected chi connectivity index (χ3v) is 3.92. The monoisotopic (exact) mass is 262 g/mol. The first-order chi connectivity index (χ1) is 8.81. The van der Waals surface area contributed by atoms with Crippen molar-refractivity contribution in [3.8, 4) is 0 Å². The quantitative estimate of drug-likeness (QED) is 0.910. The molecule has 0 radical (unpaired) electrons. The lowest BCUT2D eigenvalue weighted by Gasteiger charge is -2.14. The number of fused-ring (bicyclic) bond motifs is 1. The van der Waals surface area contributed by atoms with E-state index in [4.69, 9.17) is 0 Å². The van der Waals surface area contributed by atoms with Gasteiger partial charge in [0, 0.05) is 26.2 Å². The van der Waals surface area contributed by atoms with E-state index in [2.05, 4.69) is 49.9 Å². The maximum absolute atomic E-state index is 4.66. The summed E-state index contributed by atoms with van der Waals surface area (Å²) in [5, 5.41) is 12.4. The van der Waals surface area contributed by atoms with Gasteiger partial charge in [0.2, 0.25) is 0 Å². The normalized spacial score (nSPS) is 15.0. The number of hydrogen-bond acceptors (Lipinski definition) is 4. The molecule has 0 atom stereocenters. The zero-order chi connectivity index (χ0) is 12.4. The van der Waals surface area contributed by atoms with Crippen molar-refractivity contribution < 1.29 is 0 Å². The summed E-state index contributed by atoms with van der Waals surface area (Å²) < 4.78 is 2.13. The van der Waals surface area contributed by atoms with Crippen LogP contribution in [-0.2, 0) is 26.2 Å². The molecule has 96 valence electrons. The number of hydrogen-bond donors (Lipinski definition) is 1. The van der Waals surface area contributed by atoms with Gasteiger partial charge < -0.3 is 5.32 Å². The first kappa shape index (κ1) is 11.9. The standard InChI is InChI=1S/C13H18N4S/c1-16(8-11-2-5-18-10-11)9-12-6-13-7-14-3-4-17(13)15-12/h2,5-6,10,14H,3-4,7-9H2,1H3. The summed E-state index contributed by atoms with van der Waals surface area (Å²) in [4.78, 5) is 2.31. The highest BCUT2D eigenvalue weighted by atomic mass is 32.1. The Hall–Kier alpha value is -1.17. The largest absolute Gasteiger partial charge is 0.309 e. The second-order valence-electron chi connectivity index (χ2n) is 4.83.